The van der Waals surface area contributed by atoms with Crippen molar-refractivity contribution in [3.8, 4) is 0 Å². The SMILES string of the molecule is C=CCNC(N)=NCC1CCCN(C)C1c1cccs1. The number of piperidine rings is 1. The van der Waals surface area contributed by atoms with Gasteiger partial charge in [-0.2, -0.15) is 0 Å². The van der Waals surface area contributed by atoms with Crippen molar-refractivity contribution in [1.29, 1.82) is 0 Å². The van der Waals surface area contributed by atoms with E-state index >= 15 is 0 Å². The van der Waals surface area contributed by atoms with Crippen LogP contribution in [-0.4, -0.2) is 37.5 Å². The normalized spacial score (nSPS) is 24.6. The number of rotatable bonds is 5. The minimum atomic E-state index is 0.472. The van der Waals surface area contributed by atoms with E-state index in [9.17, 15) is 0 Å². The first-order chi connectivity index (χ1) is 9.72. The van der Waals surface area contributed by atoms with E-state index in [1.54, 1.807) is 6.08 Å². The zero-order valence-corrected chi connectivity index (χ0v) is 12.9. The molecule has 0 aliphatic carbocycles. The standard InChI is InChI=1S/C15H24N4S/c1-3-8-17-15(16)18-11-12-6-4-9-19(2)14(12)13-7-5-10-20-13/h3,5,7,10,12,14H,1,4,6,8-9,11H2,2H3,(H3,16,17,18). The first-order valence-electron chi connectivity index (χ1n) is 7.10. The first-order valence-corrected chi connectivity index (χ1v) is 7.98. The maximum Gasteiger partial charge on any atom is 0.188 e. The smallest absolute Gasteiger partial charge is 0.188 e. The zero-order valence-electron chi connectivity index (χ0n) is 12.1. The molecule has 4 nitrogen and oxygen atoms in total. The molecular weight excluding hydrogens is 268 g/mol. The molecule has 0 aromatic carbocycles. The van der Waals surface area contributed by atoms with Crippen LogP contribution >= 0.6 is 11.3 Å². The summed E-state index contributed by atoms with van der Waals surface area (Å²) in [5, 5.41) is 5.18. The highest BCUT2D eigenvalue weighted by Crippen LogP contribution is 2.37. The van der Waals surface area contributed by atoms with Crippen molar-refractivity contribution >= 4 is 17.3 Å². The van der Waals surface area contributed by atoms with Crippen LogP contribution in [0.5, 0.6) is 0 Å². The summed E-state index contributed by atoms with van der Waals surface area (Å²) < 4.78 is 0. The van der Waals surface area contributed by atoms with Crippen molar-refractivity contribution in [2.24, 2.45) is 16.6 Å². The first kappa shape index (κ1) is 15.1. The molecular formula is C15H24N4S. The topological polar surface area (TPSA) is 53.6 Å². The van der Waals surface area contributed by atoms with Crippen molar-refractivity contribution in [3.05, 3.63) is 35.0 Å². The molecule has 2 rings (SSSR count). The average Bonchev–Trinajstić information content (AvgIpc) is 2.96. The largest absolute Gasteiger partial charge is 0.370 e. The number of thiophene rings is 1. The molecule has 0 radical (unpaired) electrons. The predicted molar refractivity (Wildman–Crippen MR) is 87.1 cm³/mol. The molecule has 2 heterocycles. The Balaban J connectivity index is 2.02. The lowest BCUT2D eigenvalue weighted by Crippen LogP contribution is -2.38. The Kier molecular flexibility index (Phi) is 5.61. The molecule has 1 aromatic rings. The van der Waals surface area contributed by atoms with Crippen molar-refractivity contribution in [2.45, 2.75) is 18.9 Å². The van der Waals surface area contributed by atoms with E-state index in [-0.39, 0.29) is 0 Å². The van der Waals surface area contributed by atoms with E-state index in [0.717, 1.165) is 13.1 Å². The molecule has 1 saturated heterocycles. The van der Waals surface area contributed by atoms with E-state index in [1.165, 1.54) is 17.7 Å². The summed E-state index contributed by atoms with van der Waals surface area (Å²) in [6.07, 6.45) is 4.23. The minimum absolute atomic E-state index is 0.472. The predicted octanol–water partition coefficient (Wildman–Crippen LogP) is 2.22. The minimum Gasteiger partial charge on any atom is -0.370 e. The molecule has 2 unspecified atom stereocenters. The Morgan fingerprint density at radius 1 is 1.70 bits per heavy atom. The van der Waals surface area contributed by atoms with Crippen LogP contribution in [0.4, 0.5) is 0 Å². The van der Waals surface area contributed by atoms with Gasteiger partial charge in [0.25, 0.3) is 0 Å². The van der Waals surface area contributed by atoms with Crippen LogP contribution in [0.2, 0.25) is 0 Å². The van der Waals surface area contributed by atoms with Gasteiger partial charge in [0.05, 0.1) is 0 Å². The highest BCUT2D eigenvalue weighted by Gasteiger charge is 2.30. The number of nitrogens with zero attached hydrogens (tertiary/aromatic N) is 2. The molecule has 0 saturated carbocycles. The third-order valence-electron chi connectivity index (χ3n) is 3.77. The third-order valence-corrected chi connectivity index (χ3v) is 4.71. The Morgan fingerprint density at radius 2 is 2.55 bits per heavy atom. The lowest BCUT2D eigenvalue weighted by Gasteiger charge is -2.38. The fourth-order valence-corrected chi connectivity index (χ4v) is 3.79. The second kappa shape index (κ2) is 7.45. The fourth-order valence-electron chi connectivity index (χ4n) is 2.81. The maximum atomic E-state index is 5.86. The Labute approximate surface area is 125 Å². The number of likely N-dealkylation sites (tertiary alicyclic amines) is 1. The summed E-state index contributed by atoms with van der Waals surface area (Å²) in [5.74, 6) is 1.06. The number of nitrogens with one attached hydrogen (secondary N) is 1. The van der Waals surface area contributed by atoms with Gasteiger partial charge in [0.1, 0.15) is 0 Å². The lowest BCUT2D eigenvalue weighted by atomic mass is 9.88. The van der Waals surface area contributed by atoms with Gasteiger partial charge >= 0.3 is 0 Å². The van der Waals surface area contributed by atoms with E-state index in [2.05, 4.69) is 46.3 Å². The number of aliphatic imine (C=N–C) groups is 1. The van der Waals surface area contributed by atoms with Gasteiger partial charge in [-0.05, 0) is 43.8 Å². The summed E-state index contributed by atoms with van der Waals surface area (Å²) in [6, 6.07) is 4.83. The number of guanidine groups is 1. The molecule has 1 aliphatic heterocycles. The van der Waals surface area contributed by atoms with Crippen LogP contribution in [0.1, 0.15) is 23.8 Å². The molecule has 0 bridgehead atoms. The van der Waals surface area contributed by atoms with E-state index in [4.69, 9.17) is 5.73 Å². The molecule has 0 spiro atoms. The van der Waals surface area contributed by atoms with Gasteiger partial charge in [-0.1, -0.05) is 12.1 Å². The van der Waals surface area contributed by atoms with Crippen LogP contribution in [-0.2, 0) is 0 Å². The third kappa shape index (κ3) is 3.84. The molecule has 1 fully saturated rings. The van der Waals surface area contributed by atoms with Crippen molar-refractivity contribution < 1.29 is 0 Å². The molecule has 1 aliphatic rings. The van der Waals surface area contributed by atoms with Crippen LogP contribution in [0.15, 0.2) is 35.2 Å². The number of hydrogen-bond acceptors (Lipinski definition) is 3. The second-order valence-corrected chi connectivity index (χ2v) is 6.22. The molecule has 0 amide bonds. The van der Waals surface area contributed by atoms with Gasteiger partial charge in [-0.15, -0.1) is 17.9 Å². The zero-order chi connectivity index (χ0) is 14.4. The molecule has 20 heavy (non-hydrogen) atoms. The quantitative estimate of drug-likeness (QED) is 0.497. The Morgan fingerprint density at radius 3 is 3.25 bits per heavy atom. The van der Waals surface area contributed by atoms with E-state index < -0.39 is 0 Å². The highest BCUT2D eigenvalue weighted by molar-refractivity contribution is 7.10. The Bertz CT molecular complexity index is 441. The van der Waals surface area contributed by atoms with Crippen LogP contribution in [0.3, 0.4) is 0 Å². The lowest BCUT2D eigenvalue weighted by molar-refractivity contribution is 0.128. The van der Waals surface area contributed by atoms with Gasteiger partial charge in [-0.25, -0.2) is 0 Å². The van der Waals surface area contributed by atoms with Gasteiger partial charge in [-0.3, -0.25) is 9.89 Å². The van der Waals surface area contributed by atoms with Crippen molar-refractivity contribution in [1.82, 2.24) is 10.2 Å². The molecule has 2 atom stereocenters. The van der Waals surface area contributed by atoms with Gasteiger partial charge in [0, 0.05) is 24.0 Å². The summed E-state index contributed by atoms with van der Waals surface area (Å²) in [4.78, 5) is 8.38. The summed E-state index contributed by atoms with van der Waals surface area (Å²) in [5.41, 5.74) is 5.86. The molecule has 5 heteroatoms. The summed E-state index contributed by atoms with van der Waals surface area (Å²) >= 11 is 1.83. The second-order valence-electron chi connectivity index (χ2n) is 5.24. The number of hydrogen-bond donors (Lipinski definition) is 2. The van der Waals surface area contributed by atoms with Gasteiger partial charge in [0.15, 0.2) is 5.96 Å². The van der Waals surface area contributed by atoms with E-state index in [1.807, 2.05) is 11.3 Å². The van der Waals surface area contributed by atoms with Gasteiger partial charge < -0.3 is 11.1 Å². The van der Waals surface area contributed by atoms with Gasteiger partial charge in [0.2, 0.25) is 0 Å². The highest BCUT2D eigenvalue weighted by atomic mass is 32.1. The van der Waals surface area contributed by atoms with E-state index in [0.29, 0.717) is 24.5 Å². The summed E-state index contributed by atoms with van der Waals surface area (Å²) in [6.45, 7) is 6.26. The average molecular weight is 292 g/mol. The Hall–Kier alpha value is -1.33. The number of nitrogens with two attached hydrogens (primary N) is 1. The fraction of sp³-hybridized carbons (Fsp3) is 0.533. The van der Waals surface area contributed by atoms with Crippen LogP contribution < -0.4 is 11.1 Å². The van der Waals surface area contributed by atoms with Crippen molar-refractivity contribution in [3.63, 3.8) is 0 Å². The van der Waals surface area contributed by atoms with Crippen LogP contribution in [0.25, 0.3) is 0 Å². The maximum absolute atomic E-state index is 5.86. The summed E-state index contributed by atoms with van der Waals surface area (Å²) in [7, 11) is 2.21. The molecule has 110 valence electrons. The van der Waals surface area contributed by atoms with Crippen molar-refractivity contribution in [2.75, 3.05) is 26.7 Å². The van der Waals surface area contributed by atoms with Crippen LogP contribution in [0, 0.1) is 5.92 Å². The molecule has 1 aromatic heterocycles. The monoisotopic (exact) mass is 292 g/mol. The molecule has 3 N–H and O–H groups in total.